The molecule has 1 amide bonds. The van der Waals surface area contributed by atoms with Gasteiger partial charge in [-0.2, -0.15) is 0 Å². The Bertz CT molecular complexity index is 802. The lowest BCUT2D eigenvalue weighted by atomic mass is 10.1. The summed E-state index contributed by atoms with van der Waals surface area (Å²) in [5, 5.41) is 6.79. The molecule has 3 rings (SSSR count). The number of benzene rings is 1. The van der Waals surface area contributed by atoms with Gasteiger partial charge in [-0.15, -0.1) is 11.8 Å². The molecule has 2 heterocycles. The van der Waals surface area contributed by atoms with Crippen molar-refractivity contribution < 1.29 is 23.7 Å². The molecular formula is C23H35N5O5S. The second-order valence-corrected chi connectivity index (χ2v) is 9.10. The van der Waals surface area contributed by atoms with Crippen molar-refractivity contribution in [2.24, 2.45) is 5.11 Å². The molecule has 1 fully saturated rings. The summed E-state index contributed by atoms with van der Waals surface area (Å²) in [6.45, 7) is 7.04. The van der Waals surface area contributed by atoms with E-state index in [4.69, 9.17) is 24.5 Å². The van der Waals surface area contributed by atoms with Crippen LogP contribution in [0.1, 0.15) is 28.8 Å². The molecule has 2 aliphatic rings. The normalized spacial score (nSPS) is 17.6. The number of hydrogen-bond donors (Lipinski definition) is 1. The van der Waals surface area contributed by atoms with Crippen molar-refractivity contribution in [3.63, 3.8) is 0 Å². The number of carbonyl (C=O) groups is 1. The largest absolute Gasteiger partial charge is 0.379 e. The second-order valence-electron chi connectivity index (χ2n) is 7.97. The Balaban J connectivity index is 1.21. The Labute approximate surface area is 205 Å². The summed E-state index contributed by atoms with van der Waals surface area (Å²) in [6.07, 6.45) is 2.20. The molecule has 11 heteroatoms. The maximum absolute atomic E-state index is 12.9. The lowest BCUT2D eigenvalue weighted by Gasteiger charge is -2.31. The van der Waals surface area contributed by atoms with Crippen LogP contribution in [0, 0.1) is 0 Å². The highest BCUT2D eigenvalue weighted by Gasteiger charge is 2.34. The topological polar surface area (TPSA) is 118 Å². The van der Waals surface area contributed by atoms with Crippen molar-refractivity contribution in [2.75, 3.05) is 78.2 Å². The molecule has 2 aliphatic heterocycles. The monoisotopic (exact) mass is 493 g/mol. The lowest BCUT2D eigenvalue weighted by molar-refractivity contribution is 0.000647. The van der Waals surface area contributed by atoms with E-state index in [-0.39, 0.29) is 5.91 Å². The van der Waals surface area contributed by atoms with Gasteiger partial charge >= 0.3 is 0 Å². The van der Waals surface area contributed by atoms with Gasteiger partial charge < -0.3 is 29.2 Å². The van der Waals surface area contributed by atoms with Crippen LogP contribution in [0.5, 0.6) is 0 Å². The fraction of sp³-hybridized carbons (Fsp3) is 0.696. The number of nitrogens with one attached hydrogen (secondary N) is 1. The molecule has 0 aromatic heterocycles. The molecule has 0 spiro atoms. The first-order chi connectivity index (χ1) is 16.8. The Morgan fingerprint density at radius 1 is 1.06 bits per heavy atom. The summed E-state index contributed by atoms with van der Waals surface area (Å²) in [5.74, 6) is 1.000. The number of piperidine rings is 1. The van der Waals surface area contributed by atoms with Gasteiger partial charge in [0.2, 0.25) is 0 Å². The van der Waals surface area contributed by atoms with E-state index in [9.17, 15) is 4.79 Å². The molecule has 1 atom stereocenters. The third kappa shape index (κ3) is 8.74. The fourth-order valence-electron chi connectivity index (χ4n) is 3.98. The molecule has 0 bridgehead atoms. The summed E-state index contributed by atoms with van der Waals surface area (Å²) in [5.41, 5.74) is 10.2. The predicted octanol–water partition coefficient (Wildman–Crippen LogP) is 2.86. The van der Waals surface area contributed by atoms with Crippen molar-refractivity contribution in [3.05, 3.63) is 39.8 Å². The maximum atomic E-state index is 12.9. The second kappa shape index (κ2) is 15.9. The molecular weight excluding hydrogens is 458 g/mol. The van der Waals surface area contributed by atoms with Gasteiger partial charge in [0.25, 0.3) is 5.91 Å². The van der Waals surface area contributed by atoms with Crippen LogP contribution in [0.4, 0.5) is 0 Å². The van der Waals surface area contributed by atoms with Gasteiger partial charge in [-0.05, 0) is 42.6 Å². The molecule has 10 nitrogen and oxygen atoms in total. The first kappa shape index (κ1) is 26.7. The third-order valence-electron chi connectivity index (χ3n) is 5.66. The minimum Gasteiger partial charge on any atom is -0.379 e. The van der Waals surface area contributed by atoms with Gasteiger partial charge in [0.15, 0.2) is 0 Å². The molecule has 188 valence electrons. The minimum absolute atomic E-state index is 0.168. The number of fused-ring (bicyclic) bond motifs is 1. The van der Waals surface area contributed by atoms with E-state index in [1.807, 2.05) is 17.0 Å². The average Bonchev–Trinajstić information content (AvgIpc) is 3.21. The lowest BCUT2D eigenvalue weighted by Crippen LogP contribution is -2.46. The Morgan fingerprint density at radius 3 is 2.44 bits per heavy atom. The van der Waals surface area contributed by atoms with Gasteiger partial charge in [-0.25, -0.2) is 0 Å². The van der Waals surface area contributed by atoms with E-state index in [2.05, 4.69) is 21.4 Å². The smallest absolute Gasteiger partial charge is 0.254 e. The van der Waals surface area contributed by atoms with Crippen molar-refractivity contribution in [1.82, 2.24) is 10.2 Å². The van der Waals surface area contributed by atoms with Crippen molar-refractivity contribution in [2.45, 2.75) is 30.3 Å². The van der Waals surface area contributed by atoms with Gasteiger partial charge in [0.1, 0.15) is 0 Å². The Morgan fingerprint density at radius 2 is 1.76 bits per heavy atom. The standard InChI is InChI=1S/C23H35N5O5S/c24-27-26-7-8-30-9-10-31-11-12-32-13-14-33-15-16-34-22-5-1-4-20-21(22)18-28(23(20)29)19-3-2-6-25-17-19/h1,4-5,19,25H,2-3,6-18H2. The zero-order valence-electron chi connectivity index (χ0n) is 19.7. The van der Waals surface area contributed by atoms with Crippen LogP contribution in [0.25, 0.3) is 10.4 Å². The van der Waals surface area contributed by atoms with Crippen LogP contribution in [0.15, 0.2) is 28.2 Å². The molecule has 34 heavy (non-hydrogen) atoms. The number of carbonyl (C=O) groups excluding carboxylic acids is 1. The number of azide groups is 1. The number of rotatable bonds is 17. The molecule has 1 aromatic carbocycles. The summed E-state index contributed by atoms with van der Waals surface area (Å²) < 4.78 is 21.8. The molecule has 0 aliphatic carbocycles. The molecule has 0 saturated carbocycles. The van der Waals surface area contributed by atoms with Crippen LogP contribution < -0.4 is 5.32 Å². The predicted molar refractivity (Wildman–Crippen MR) is 130 cm³/mol. The third-order valence-corrected chi connectivity index (χ3v) is 6.73. The van der Waals surface area contributed by atoms with E-state index in [1.165, 1.54) is 4.90 Å². The number of ether oxygens (including phenoxy) is 4. The van der Waals surface area contributed by atoms with Crippen molar-refractivity contribution in [3.8, 4) is 0 Å². The first-order valence-corrected chi connectivity index (χ1v) is 12.9. The summed E-state index contributed by atoms with van der Waals surface area (Å²) in [7, 11) is 0. The van der Waals surface area contributed by atoms with Crippen LogP contribution in [-0.4, -0.2) is 95.1 Å². The Hall–Kier alpha value is -1.85. The number of amides is 1. The van der Waals surface area contributed by atoms with Gasteiger partial charge in [-0.3, -0.25) is 4.79 Å². The highest BCUT2D eigenvalue weighted by molar-refractivity contribution is 7.99. The van der Waals surface area contributed by atoms with E-state index in [1.54, 1.807) is 11.8 Å². The van der Waals surface area contributed by atoms with Crippen LogP contribution in [-0.2, 0) is 25.5 Å². The summed E-state index contributed by atoms with van der Waals surface area (Å²) >= 11 is 1.75. The highest BCUT2D eigenvalue weighted by atomic mass is 32.2. The number of nitrogens with zero attached hydrogens (tertiary/aromatic N) is 4. The molecule has 1 aromatic rings. The summed E-state index contributed by atoms with van der Waals surface area (Å²) in [4.78, 5) is 18.8. The molecule has 0 radical (unpaired) electrons. The van der Waals surface area contributed by atoms with E-state index < -0.39 is 0 Å². The van der Waals surface area contributed by atoms with E-state index in [0.717, 1.165) is 42.8 Å². The maximum Gasteiger partial charge on any atom is 0.254 e. The summed E-state index contributed by atoms with van der Waals surface area (Å²) in [6, 6.07) is 6.33. The fourth-order valence-corrected chi connectivity index (χ4v) is 4.92. The quantitative estimate of drug-likeness (QED) is 0.117. The highest BCUT2D eigenvalue weighted by Crippen LogP contribution is 2.34. The molecule has 1 unspecified atom stereocenters. The van der Waals surface area contributed by atoms with Crippen LogP contribution in [0.2, 0.25) is 0 Å². The van der Waals surface area contributed by atoms with Crippen molar-refractivity contribution >= 4 is 17.7 Å². The van der Waals surface area contributed by atoms with E-state index in [0.29, 0.717) is 72.0 Å². The zero-order valence-corrected chi connectivity index (χ0v) is 20.5. The zero-order chi connectivity index (χ0) is 23.8. The number of hydrogen-bond acceptors (Lipinski definition) is 8. The minimum atomic E-state index is 0.168. The van der Waals surface area contributed by atoms with Crippen molar-refractivity contribution in [1.29, 1.82) is 0 Å². The molecule has 1 N–H and O–H groups in total. The molecule has 1 saturated heterocycles. The Kier molecular flexibility index (Phi) is 12.5. The first-order valence-electron chi connectivity index (χ1n) is 11.9. The van der Waals surface area contributed by atoms with Crippen LogP contribution in [0.3, 0.4) is 0 Å². The average molecular weight is 494 g/mol. The SMILES string of the molecule is [N-]=[N+]=NCCOCCOCCOCCOCCSc1cccc2c1CN(C1CCCNC1)C2=O. The van der Waals surface area contributed by atoms with Crippen LogP contribution >= 0.6 is 11.8 Å². The van der Waals surface area contributed by atoms with Gasteiger partial charge in [-0.1, -0.05) is 11.2 Å². The van der Waals surface area contributed by atoms with Gasteiger partial charge in [0.05, 0.1) is 52.9 Å². The van der Waals surface area contributed by atoms with Gasteiger partial charge in [0, 0.05) is 46.8 Å². The number of thioether (sulfide) groups is 1. The van der Waals surface area contributed by atoms with E-state index >= 15 is 0 Å².